The topological polar surface area (TPSA) is 62.5 Å². The van der Waals surface area contributed by atoms with Gasteiger partial charge in [0.05, 0.1) is 0 Å². The minimum absolute atomic E-state index is 0.0657. The number of fused-ring (bicyclic) bond motifs is 3. The lowest BCUT2D eigenvalue weighted by atomic mass is 9.85. The van der Waals surface area contributed by atoms with Crippen molar-refractivity contribution in [1.82, 2.24) is 9.47 Å². The van der Waals surface area contributed by atoms with E-state index in [0.717, 1.165) is 27.7 Å². The van der Waals surface area contributed by atoms with E-state index < -0.39 is 5.97 Å². The van der Waals surface area contributed by atoms with E-state index in [1.807, 2.05) is 70.1 Å². The van der Waals surface area contributed by atoms with Crippen molar-refractivity contribution < 1.29 is 19.1 Å². The molecule has 4 aromatic rings. The number of amides is 1. The Morgan fingerprint density at radius 1 is 0.972 bits per heavy atom. The van der Waals surface area contributed by atoms with Crippen LogP contribution < -0.4 is 0 Å². The number of aliphatic carboxylic acids is 1. The van der Waals surface area contributed by atoms with Crippen LogP contribution >= 0.6 is 0 Å². The number of carboxylic acid groups (broad SMARTS) is 1. The molecule has 1 aromatic heterocycles. The third-order valence-electron chi connectivity index (χ3n) is 7.15. The van der Waals surface area contributed by atoms with E-state index in [1.165, 1.54) is 6.07 Å². The van der Waals surface area contributed by atoms with Crippen LogP contribution in [0.4, 0.5) is 4.39 Å². The Kier molecular flexibility index (Phi) is 6.85. The van der Waals surface area contributed by atoms with Gasteiger partial charge in [0.25, 0.3) is 0 Å². The molecule has 5 nitrogen and oxygen atoms in total. The largest absolute Gasteiger partial charge is 0.480 e. The van der Waals surface area contributed by atoms with Gasteiger partial charge >= 0.3 is 5.97 Å². The minimum atomic E-state index is -0.876. The van der Waals surface area contributed by atoms with Gasteiger partial charge in [-0.2, -0.15) is 0 Å². The van der Waals surface area contributed by atoms with E-state index in [-0.39, 0.29) is 24.2 Å². The molecule has 1 aliphatic carbocycles. The molecule has 0 aliphatic heterocycles. The lowest BCUT2D eigenvalue weighted by Crippen LogP contribution is -2.39. The first kappa shape index (κ1) is 23.8. The average Bonchev–Trinajstić information content (AvgIpc) is 3.20. The Labute approximate surface area is 209 Å². The number of rotatable bonds is 8. The summed E-state index contributed by atoms with van der Waals surface area (Å²) >= 11 is 0. The molecule has 1 heterocycles. The number of nitrogens with zero attached hydrogens (tertiary/aromatic N) is 2. The summed E-state index contributed by atoms with van der Waals surface area (Å²) < 4.78 is 16.2. The number of carbonyl (C=O) groups is 2. The zero-order valence-electron chi connectivity index (χ0n) is 20.1. The molecular weight excluding hydrogens is 455 g/mol. The van der Waals surface area contributed by atoms with Crippen molar-refractivity contribution in [3.05, 3.63) is 107 Å². The summed E-state index contributed by atoms with van der Waals surface area (Å²) in [6, 6.07) is 24.4. The molecule has 0 bridgehead atoms. The quantitative estimate of drug-likeness (QED) is 0.372. The van der Waals surface area contributed by atoms with Gasteiger partial charge in [-0.25, -0.2) is 4.39 Å². The van der Waals surface area contributed by atoms with Crippen LogP contribution in [0.3, 0.4) is 0 Å². The predicted octanol–water partition coefficient (Wildman–Crippen LogP) is 5.24. The second-order valence-corrected chi connectivity index (χ2v) is 9.45. The maximum atomic E-state index is 14.3. The van der Waals surface area contributed by atoms with Crippen molar-refractivity contribution in [3.63, 3.8) is 0 Å². The Bertz CT molecular complexity index is 1400. The van der Waals surface area contributed by atoms with Gasteiger partial charge in [0.2, 0.25) is 5.91 Å². The molecule has 1 amide bonds. The van der Waals surface area contributed by atoms with Gasteiger partial charge in [0.1, 0.15) is 12.4 Å². The van der Waals surface area contributed by atoms with E-state index >= 15 is 0 Å². The van der Waals surface area contributed by atoms with Gasteiger partial charge < -0.3 is 14.6 Å². The van der Waals surface area contributed by atoms with Crippen LogP contribution in [0, 0.1) is 11.7 Å². The van der Waals surface area contributed by atoms with Gasteiger partial charge in [-0.3, -0.25) is 9.59 Å². The SMILES string of the molecule is O=C(O)Cn1c2c(c3ccccc31)CC(C(=O)N(CCc1ccccc1F)Cc1ccccc1)CC2. The molecule has 0 spiro atoms. The Hall–Kier alpha value is -3.93. The van der Waals surface area contributed by atoms with Crippen LogP contribution in [0.1, 0.15) is 28.8 Å². The number of hydrogen-bond acceptors (Lipinski definition) is 2. The molecule has 184 valence electrons. The lowest BCUT2D eigenvalue weighted by Gasteiger charge is -2.30. The predicted molar refractivity (Wildman–Crippen MR) is 137 cm³/mol. The molecule has 0 saturated heterocycles. The fourth-order valence-electron chi connectivity index (χ4n) is 5.41. The van der Waals surface area contributed by atoms with Crippen LogP contribution in [0.25, 0.3) is 10.9 Å². The summed E-state index contributed by atoms with van der Waals surface area (Å²) in [7, 11) is 0. The highest BCUT2D eigenvalue weighted by Crippen LogP contribution is 2.35. The fourth-order valence-corrected chi connectivity index (χ4v) is 5.41. The second kappa shape index (κ2) is 10.4. The van der Waals surface area contributed by atoms with E-state index in [9.17, 15) is 19.1 Å². The summed E-state index contributed by atoms with van der Waals surface area (Å²) in [6.45, 7) is 0.814. The molecule has 3 aromatic carbocycles. The van der Waals surface area contributed by atoms with Crippen molar-refractivity contribution in [2.24, 2.45) is 5.92 Å². The lowest BCUT2D eigenvalue weighted by molar-refractivity contribution is -0.138. The van der Waals surface area contributed by atoms with E-state index in [1.54, 1.807) is 12.1 Å². The van der Waals surface area contributed by atoms with Crippen LogP contribution in [0.15, 0.2) is 78.9 Å². The highest BCUT2D eigenvalue weighted by molar-refractivity contribution is 5.88. The third kappa shape index (κ3) is 4.89. The number of carbonyl (C=O) groups excluding carboxylic acids is 1. The van der Waals surface area contributed by atoms with Gasteiger partial charge in [0.15, 0.2) is 0 Å². The van der Waals surface area contributed by atoms with E-state index in [4.69, 9.17) is 0 Å². The Morgan fingerprint density at radius 2 is 1.69 bits per heavy atom. The van der Waals surface area contributed by atoms with Crippen LogP contribution in [-0.4, -0.2) is 33.0 Å². The van der Waals surface area contributed by atoms with Crippen LogP contribution in [0.5, 0.6) is 0 Å². The van der Waals surface area contributed by atoms with Gasteiger partial charge in [-0.1, -0.05) is 66.7 Å². The summed E-state index contributed by atoms with van der Waals surface area (Å²) in [5.41, 5.74) is 4.63. The fraction of sp³-hybridized carbons (Fsp3) is 0.267. The summed E-state index contributed by atoms with van der Waals surface area (Å²) in [4.78, 5) is 27.3. The van der Waals surface area contributed by atoms with Crippen molar-refractivity contribution in [2.45, 2.75) is 38.8 Å². The van der Waals surface area contributed by atoms with Gasteiger partial charge in [0, 0.05) is 35.6 Å². The average molecular weight is 485 g/mol. The summed E-state index contributed by atoms with van der Waals surface area (Å²) in [5, 5.41) is 10.5. The molecule has 0 saturated carbocycles. The highest BCUT2D eigenvalue weighted by atomic mass is 19.1. The molecule has 1 N–H and O–H groups in total. The van der Waals surface area contributed by atoms with Crippen molar-refractivity contribution in [3.8, 4) is 0 Å². The zero-order valence-corrected chi connectivity index (χ0v) is 20.1. The first-order valence-electron chi connectivity index (χ1n) is 12.4. The molecule has 1 atom stereocenters. The van der Waals surface area contributed by atoms with E-state index in [2.05, 4.69) is 0 Å². The van der Waals surface area contributed by atoms with E-state index in [0.29, 0.717) is 44.3 Å². The number of halogens is 1. The number of hydrogen-bond donors (Lipinski definition) is 1. The molecule has 36 heavy (non-hydrogen) atoms. The number of para-hydroxylation sites is 1. The molecule has 1 aliphatic rings. The summed E-state index contributed by atoms with van der Waals surface area (Å²) in [5.74, 6) is -1.26. The maximum absolute atomic E-state index is 14.3. The monoisotopic (exact) mass is 484 g/mol. The molecule has 0 fully saturated rings. The third-order valence-corrected chi connectivity index (χ3v) is 7.15. The number of aromatic nitrogens is 1. The standard InChI is InChI=1S/C30H29FN2O3/c31-26-12-6-4-10-22(26)16-17-32(19-21-8-2-1-3-9-21)30(36)23-14-15-28-25(18-23)24-11-5-7-13-27(24)33(28)20-29(34)35/h1-13,23H,14-20H2,(H,34,35). The van der Waals surface area contributed by atoms with Gasteiger partial charge in [-0.15, -0.1) is 0 Å². The number of benzene rings is 3. The Balaban J connectivity index is 1.41. The highest BCUT2D eigenvalue weighted by Gasteiger charge is 2.32. The minimum Gasteiger partial charge on any atom is -0.480 e. The zero-order chi connectivity index (χ0) is 25.1. The first-order valence-corrected chi connectivity index (χ1v) is 12.4. The number of carboxylic acids is 1. The Morgan fingerprint density at radius 3 is 2.47 bits per heavy atom. The normalized spacial score (nSPS) is 15.0. The molecule has 6 heteroatoms. The molecule has 0 radical (unpaired) electrons. The van der Waals surface area contributed by atoms with Crippen LogP contribution in [-0.2, 0) is 41.9 Å². The van der Waals surface area contributed by atoms with Crippen molar-refractivity contribution >= 4 is 22.8 Å². The molecule has 5 rings (SSSR count). The molecular formula is C30H29FN2O3. The first-order chi connectivity index (χ1) is 17.5. The summed E-state index contributed by atoms with van der Waals surface area (Å²) in [6.07, 6.45) is 2.33. The smallest absolute Gasteiger partial charge is 0.323 e. The van der Waals surface area contributed by atoms with Gasteiger partial charge in [-0.05, 0) is 54.5 Å². The van der Waals surface area contributed by atoms with Crippen LogP contribution in [0.2, 0.25) is 0 Å². The molecule has 1 unspecified atom stereocenters. The van der Waals surface area contributed by atoms with Crippen molar-refractivity contribution in [1.29, 1.82) is 0 Å². The second-order valence-electron chi connectivity index (χ2n) is 9.45. The van der Waals surface area contributed by atoms with Crippen molar-refractivity contribution in [2.75, 3.05) is 6.54 Å². The maximum Gasteiger partial charge on any atom is 0.323 e.